The van der Waals surface area contributed by atoms with Crippen molar-refractivity contribution in [2.45, 2.75) is 17.0 Å². The lowest BCUT2D eigenvalue weighted by Gasteiger charge is -2.23. The number of carbonyl (C=O) groups is 2. The molecule has 10 heteroatoms. The summed E-state index contributed by atoms with van der Waals surface area (Å²) in [5.41, 5.74) is -1.53. The fraction of sp³-hybridized carbons (Fsp3) is 0.200. The third-order valence-electron chi connectivity index (χ3n) is 5.19. The van der Waals surface area contributed by atoms with Crippen molar-refractivity contribution >= 4 is 33.3 Å². The normalized spacial score (nSPS) is 13.0. The van der Waals surface area contributed by atoms with Crippen LogP contribution >= 0.6 is 11.6 Å². The Bertz CT molecular complexity index is 1280. The monoisotopic (exact) mass is 517 g/mol. The van der Waals surface area contributed by atoms with E-state index >= 15 is 0 Å². The molecule has 3 aromatic carbocycles. The summed E-state index contributed by atoms with van der Waals surface area (Å²) >= 11 is 5.85. The van der Waals surface area contributed by atoms with Gasteiger partial charge in [-0.3, -0.25) is 4.79 Å². The van der Waals surface area contributed by atoms with E-state index in [1.807, 2.05) is 0 Å². The van der Waals surface area contributed by atoms with Crippen LogP contribution in [0.3, 0.4) is 0 Å². The van der Waals surface area contributed by atoms with Gasteiger partial charge in [-0.15, -0.1) is 0 Å². The summed E-state index contributed by atoms with van der Waals surface area (Å²) in [6.45, 7) is -0.535. The van der Waals surface area contributed by atoms with E-state index in [4.69, 9.17) is 16.3 Å². The number of benzene rings is 3. The van der Waals surface area contributed by atoms with Crippen molar-refractivity contribution in [3.8, 4) is 5.75 Å². The predicted molar refractivity (Wildman–Crippen MR) is 130 cm³/mol. The lowest BCUT2D eigenvalue weighted by atomic mass is 10.1. The van der Waals surface area contributed by atoms with Crippen LogP contribution in [-0.4, -0.2) is 60.4 Å². The number of carbonyl (C=O) groups excluding carboxylic acids is 1. The number of rotatable bonds is 10. The molecule has 0 aromatic heterocycles. The second kappa shape index (κ2) is 10.9. The van der Waals surface area contributed by atoms with Gasteiger partial charge in [0.25, 0.3) is 5.91 Å². The second-order valence-electron chi connectivity index (χ2n) is 8.01. The van der Waals surface area contributed by atoms with Gasteiger partial charge in [0.2, 0.25) is 5.60 Å². The zero-order chi connectivity index (χ0) is 25.6. The summed E-state index contributed by atoms with van der Waals surface area (Å²) in [7, 11) is -2.57. The molecular weight excluding hydrogens is 494 g/mol. The van der Waals surface area contributed by atoms with Gasteiger partial charge in [-0.2, -0.15) is 0 Å². The maximum atomic E-state index is 12.9. The lowest BCUT2D eigenvalue weighted by Crippen LogP contribution is -2.50. The molecule has 0 bridgehead atoms. The van der Waals surface area contributed by atoms with E-state index in [1.54, 1.807) is 61.6 Å². The smallest absolute Gasteiger partial charge is 0.340 e. The Morgan fingerprint density at radius 2 is 1.57 bits per heavy atom. The van der Waals surface area contributed by atoms with Crippen molar-refractivity contribution in [3.05, 3.63) is 95.0 Å². The summed E-state index contributed by atoms with van der Waals surface area (Å²) < 4.78 is 31.0. The van der Waals surface area contributed by atoms with Crippen LogP contribution in [0.2, 0.25) is 5.02 Å². The number of para-hydroxylation sites is 1. The van der Waals surface area contributed by atoms with Crippen LogP contribution in [0.25, 0.3) is 0 Å². The first-order valence-electron chi connectivity index (χ1n) is 10.5. The van der Waals surface area contributed by atoms with Crippen molar-refractivity contribution in [1.82, 2.24) is 4.90 Å². The Balaban J connectivity index is 1.68. The molecule has 8 nitrogen and oxygen atoms in total. The maximum Gasteiger partial charge on any atom is 0.340 e. The summed E-state index contributed by atoms with van der Waals surface area (Å²) in [6.07, 6.45) is 0. The van der Waals surface area contributed by atoms with Crippen molar-refractivity contribution < 1.29 is 33.0 Å². The van der Waals surface area contributed by atoms with Gasteiger partial charge in [-0.05, 0) is 54.1 Å². The van der Waals surface area contributed by atoms with Gasteiger partial charge >= 0.3 is 5.97 Å². The van der Waals surface area contributed by atoms with Crippen LogP contribution in [0.5, 0.6) is 5.75 Å². The molecule has 0 spiro atoms. The van der Waals surface area contributed by atoms with Crippen LogP contribution < -0.4 is 4.74 Å². The Morgan fingerprint density at radius 1 is 0.971 bits per heavy atom. The predicted octanol–water partition coefficient (Wildman–Crippen LogP) is 3.28. The second-order valence-corrected chi connectivity index (χ2v) is 10.4. The van der Waals surface area contributed by atoms with Crippen molar-refractivity contribution in [1.29, 1.82) is 0 Å². The molecular formula is C25H24ClNO7S. The van der Waals surface area contributed by atoms with Gasteiger partial charge in [-0.1, -0.05) is 41.9 Å². The summed E-state index contributed by atoms with van der Waals surface area (Å²) in [6, 6.07) is 20.3. The number of carboxylic acid groups (broad SMARTS) is 1. The number of halogens is 1. The highest BCUT2D eigenvalue weighted by Crippen LogP contribution is 2.21. The zero-order valence-corrected chi connectivity index (χ0v) is 20.4. The Morgan fingerprint density at radius 3 is 2.14 bits per heavy atom. The van der Waals surface area contributed by atoms with Crippen molar-refractivity contribution in [2.75, 3.05) is 19.4 Å². The average Bonchev–Trinajstić information content (AvgIpc) is 2.83. The van der Waals surface area contributed by atoms with Gasteiger partial charge in [-0.25, -0.2) is 13.2 Å². The Labute approximate surface area is 208 Å². The van der Waals surface area contributed by atoms with Crippen LogP contribution in [0, 0.1) is 0 Å². The van der Waals surface area contributed by atoms with Gasteiger partial charge in [0.15, 0.2) is 9.84 Å². The molecule has 0 aliphatic rings. The summed E-state index contributed by atoms with van der Waals surface area (Å²) in [5.74, 6) is -2.72. The van der Waals surface area contributed by atoms with Gasteiger partial charge in [0.1, 0.15) is 12.4 Å². The van der Waals surface area contributed by atoms with Crippen molar-refractivity contribution in [3.63, 3.8) is 0 Å². The Hall–Kier alpha value is -3.40. The highest BCUT2D eigenvalue weighted by molar-refractivity contribution is 7.91. The van der Waals surface area contributed by atoms with Gasteiger partial charge in [0, 0.05) is 24.2 Å². The minimum Gasteiger partial charge on any atom is -0.490 e. The molecule has 0 radical (unpaired) electrons. The minimum absolute atomic E-state index is 0.160. The van der Waals surface area contributed by atoms with E-state index < -0.39 is 33.8 Å². The van der Waals surface area contributed by atoms with E-state index in [9.17, 15) is 28.2 Å². The Kier molecular flexibility index (Phi) is 8.16. The third-order valence-corrected chi connectivity index (χ3v) is 7.29. The average molecular weight is 518 g/mol. The van der Waals surface area contributed by atoms with E-state index in [1.165, 1.54) is 29.2 Å². The first-order valence-corrected chi connectivity index (χ1v) is 12.5. The largest absolute Gasteiger partial charge is 0.490 e. The lowest BCUT2D eigenvalue weighted by molar-refractivity contribution is -0.158. The van der Waals surface area contributed by atoms with Crippen LogP contribution in [0.1, 0.15) is 15.9 Å². The first kappa shape index (κ1) is 26.2. The number of aliphatic carboxylic acids is 1. The summed E-state index contributed by atoms with van der Waals surface area (Å²) in [4.78, 5) is 25.6. The van der Waals surface area contributed by atoms with E-state index in [0.717, 1.165) is 0 Å². The molecule has 1 atom stereocenters. The SMILES string of the molecule is CN(Cc1ccc(S(=O)(=O)CC(O)(COc2ccccc2)C(=O)O)cc1)C(=O)c1ccc(Cl)cc1. The number of hydrogen-bond donors (Lipinski definition) is 2. The van der Waals surface area contributed by atoms with Crippen LogP contribution in [0.4, 0.5) is 0 Å². The quantitative estimate of drug-likeness (QED) is 0.423. The molecule has 0 saturated carbocycles. The molecule has 1 amide bonds. The zero-order valence-electron chi connectivity index (χ0n) is 18.8. The molecule has 0 saturated heterocycles. The number of ether oxygens (including phenoxy) is 1. The standard InChI is InChI=1S/C25H24ClNO7S/c1-27(23(28)19-9-11-20(26)12-10-19)15-18-7-13-22(14-8-18)35(32,33)17-25(31,24(29)30)16-34-21-5-3-2-4-6-21/h2-14,31H,15-17H2,1H3,(H,29,30). The molecule has 0 aliphatic carbocycles. The van der Waals surface area contributed by atoms with Crippen molar-refractivity contribution in [2.24, 2.45) is 0 Å². The first-order chi connectivity index (χ1) is 16.5. The minimum atomic E-state index is -4.18. The van der Waals surface area contributed by atoms with Crippen LogP contribution in [-0.2, 0) is 21.2 Å². The molecule has 184 valence electrons. The molecule has 2 N–H and O–H groups in total. The molecule has 0 heterocycles. The highest BCUT2D eigenvalue weighted by atomic mass is 35.5. The molecule has 1 unspecified atom stereocenters. The molecule has 0 fully saturated rings. The van der Waals surface area contributed by atoms with E-state index in [-0.39, 0.29) is 17.3 Å². The van der Waals surface area contributed by atoms with Crippen LogP contribution in [0.15, 0.2) is 83.8 Å². The summed E-state index contributed by atoms with van der Waals surface area (Å²) in [5, 5.41) is 20.6. The third kappa shape index (κ3) is 6.82. The fourth-order valence-corrected chi connectivity index (χ4v) is 4.92. The number of sulfone groups is 1. The van der Waals surface area contributed by atoms with E-state index in [2.05, 4.69) is 0 Å². The maximum absolute atomic E-state index is 12.9. The molecule has 3 rings (SSSR count). The van der Waals surface area contributed by atoms with Gasteiger partial charge < -0.3 is 19.8 Å². The topological polar surface area (TPSA) is 121 Å². The highest BCUT2D eigenvalue weighted by Gasteiger charge is 2.42. The number of aliphatic hydroxyl groups is 1. The van der Waals surface area contributed by atoms with Gasteiger partial charge in [0.05, 0.1) is 10.6 Å². The van der Waals surface area contributed by atoms with E-state index in [0.29, 0.717) is 21.9 Å². The molecule has 35 heavy (non-hydrogen) atoms. The number of amides is 1. The fourth-order valence-electron chi connectivity index (χ4n) is 3.24. The number of nitrogens with zero attached hydrogens (tertiary/aromatic N) is 1. The number of hydrogen-bond acceptors (Lipinski definition) is 6. The molecule has 0 aliphatic heterocycles. The number of carboxylic acids is 1. The molecule has 3 aromatic rings.